The molecule has 1 nitrogen and oxygen atoms in total. The summed E-state index contributed by atoms with van der Waals surface area (Å²) in [6, 6.07) is 44.9. The summed E-state index contributed by atoms with van der Waals surface area (Å²) in [7, 11) is 0. The first-order valence-corrected chi connectivity index (χ1v) is 12.6. The molecule has 0 aliphatic rings. The van der Waals surface area contributed by atoms with Crippen molar-refractivity contribution in [3.63, 3.8) is 0 Å². The average molecular weight is 472 g/mol. The molecule has 0 aliphatic carbocycles. The molecule has 0 saturated heterocycles. The molecule has 0 bridgehead atoms. The fourth-order valence-corrected chi connectivity index (χ4v) is 5.98. The van der Waals surface area contributed by atoms with Gasteiger partial charge in [0.2, 0.25) is 0 Å². The van der Waals surface area contributed by atoms with Gasteiger partial charge in [-0.2, -0.15) is 0 Å². The fourth-order valence-electron chi connectivity index (χ4n) is 5.98. The standard InChI is InChI=1S/C36H22O/c1-2-11-23(12-3-1)34-26-15-6-8-17-28(26)35(29-18-9-7-16-27(29)34)30-19-10-20-32-36(30)31-21-24-13-4-5-14-25(24)22-33(31)37-32/h1-22H/i11D. The monoisotopic (exact) mass is 471 g/mol. The van der Waals surface area contributed by atoms with E-state index in [2.05, 4.69) is 109 Å². The van der Waals surface area contributed by atoms with E-state index in [1.165, 1.54) is 27.1 Å². The van der Waals surface area contributed by atoms with Crippen LogP contribution < -0.4 is 0 Å². The molecule has 37 heavy (non-hydrogen) atoms. The maximum absolute atomic E-state index is 8.71. The van der Waals surface area contributed by atoms with Crippen molar-refractivity contribution in [3.8, 4) is 22.3 Å². The molecule has 0 N–H and O–H groups in total. The summed E-state index contributed by atoms with van der Waals surface area (Å²) < 4.78 is 15.1. The summed E-state index contributed by atoms with van der Waals surface area (Å²) >= 11 is 0. The first-order valence-electron chi connectivity index (χ1n) is 13.1. The summed E-state index contributed by atoms with van der Waals surface area (Å²) in [6.07, 6.45) is 0. The van der Waals surface area contributed by atoms with Gasteiger partial charge in [0.05, 0.1) is 1.37 Å². The summed E-state index contributed by atoms with van der Waals surface area (Å²) in [5.41, 5.74) is 6.21. The van der Waals surface area contributed by atoms with Crippen LogP contribution in [0.2, 0.25) is 0 Å². The van der Waals surface area contributed by atoms with Gasteiger partial charge in [-0.1, -0.05) is 115 Å². The van der Waals surface area contributed by atoms with Crippen molar-refractivity contribution in [2.45, 2.75) is 0 Å². The van der Waals surface area contributed by atoms with Crippen LogP contribution in [0.15, 0.2) is 138 Å². The first kappa shape index (κ1) is 19.3. The molecule has 0 amide bonds. The van der Waals surface area contributed by atoms with Crippen LogP contribution in [0.1, 0.15) is 1.37 Å². The van der Waals surface area contributed by atoms with E-state index in [1.807, 2.05) is 18.2 Å². The van der Waals surface area contributed by atoms with Crippen molar-refractivity contribution in [2.24, 2.45) is 0 Å². The van der Waals surface area contributed by atoms with Gasteiger partial charge in [0.25, 0.3) is 0 Å². The molecule has 0 atom stereocenters. The summed E-state index contributed by atoms with van der Waals surface area (Å²) in [5, 5.41) is 9.29. The molecule has 0 fully saturated rings. The third kappa shape index (κ3) is 2.98. The highest BCUT2D eigenvalue weighted by atomic mass is 16.3. The minimum Gasteiger partial charge on any atom is -0.456 e. The lowest BCUT2D eigenvalue weighted by Gasteiger charge is -2.18. The fraction of sp³-hybridized carbons (Fsp3) is 0. The molecule has 8 aromatic rings. The summed E-state index contributed by atoms with van der Waals surface area (Å²) in [6.45, 7) is 0. The van der Waals surface area contributed by atoms with Gasteiger partial charge >= 0.3 is 0 Å². The maximum Gasteiger partial charge on any atom is 0.136 e. The Labute approximate surface area is 215 Å². The second-order valence-corrected chi connectivity index (χ2v) is 9.59. The van der Waals surface area contributed by atoms with Crippen LogP contribution >= 0.6 is 0 Å². The number of benzene rings is 7. The molecule has 0 radical (unpaired) electrons. The van der Waals surface area contributed by atoms with E-state index in [1.54, 1.807) is 0 Å². The normalized spacial score (nSPS) is 12.2. The van der Waals surface area contributed by atoms with E-state index in [-0.39, 0.29) is 0 Å². The second kappa shape index (κ2) is 7.81. The molecular weight excluding hydrogens is 448 g/mol. The summed E-state index contributed by atoms with van der Waals surface area (Å²) in [5.74, 6) is 0. The van der Waals surface area contributed by atoms with E-state index in [0.29, 0.717) is 6.04 Å². The number of hydrogen-bond donors (Lipinski definition) is 0. The predicted molar refractivity (Wildman–Crippen MR) is 157 cm³/mol. The number of fused-ring (bicyclic) bond motifs is 6. The van der Waals surface area contributed by atoms with Gasteiger partial charge in [0.15, 0.2) is 0 Å². The average Bonchev–Trinajstić information content (AvgIpc) is 3.33. The van der Waals surface area contributed by atoms with E-state index in [0.717, 1.165) is 49.4 Å². The Morgan fingerprint density at radius 2 is 1.08 bits per heavy atom. The predicted octanol–water partition coefficient (Wildman–Crippen LogP) is 10.4. The van der Waals surface area contributed by atoms with Gasteiger partial charge in [-0.15, -0.1) is 0 Å². The van der Waals surface area contributed by atoms with Gasteiger partial charge in [0, 0.05) is 10.8 Å². The minimum atomic E-state index is 0.533. The largest absolute Gasteiger partial charge is 0.456 e. The zero-order valence-corrected chi connectivity index (χ0v) is 20.0. The van der Waals surface area contributed by atoms with Crippen LogP contribution in [-0.2, 0) is 0 Å². The van der Waals surface area contributed by atoms with Crippen molar-refractivity contribution in [2.75, 3.05) is 0 Å². The Hall–Kier alpha value is -4.88. The van der Waals surface area contributed by atoms with Crippen LogP contribution in [0.5, 0.6) is 0 Å². The molecule has 0 spiro atoms. The molecule has 172 valence electrons. The summed E-state index contributed by atoms with van der Waals surface area (Å²) in [4.78, 5) is 0. The Kier molecular flexibility index (Phi) is 4.08. The maximum atomic E-state index is 8.71. The van der Waals surface area contributed by atoms with Gasteiger partial charge < -0.3 is 4.42 Å². The zero-order chi connectivity index (χ0) is 25.2. The van der Waals surface area contributed by atoms with E-state index < -0.39 is 0 Å². The van der Waals surface area contributed by atoms with Crippen LogP contribution in [0.3, 0.4) is 0 Å². The highest BCUT2D eigenvalue weighted by Gasteiger charge is 2.20. The van der Waals surface area contributed by atoms with Gasteiger partial charge in [0.1, 0.15) is 11.2 Å². The topological polar surface area (TPSA) is 13.1 Å². The zero-order valence-electron chi connectivity index (χ0n) is 21.0. The molecule has 8 rings (SSSR count). The highest BCUT2D eigenvalue weighted by molar-refractivity contribution is 6.26. The lowest BCUT2D eigenvalue weighted by Crippen LogP contribution is -1.91. The van der Waals surface area contributed by atoms with Gasteiger partial charge in [-0.05, 0) is 72.8 Å². The molecule has 0 saturated carbocycles. The van der Waals surface area contributed by atoms with Crippen LogP contribution in [-0.4, -0.2) is 0 Å². The third-order valence-corrected chi connectivity index (χ3v) is 7.54. The molecule has 1 aromatic heterocycles. The molecule has 1 heterocycles. The van der Waals surface area contributed by atoms with Crippen LogP contribution in [0.4, 0.5) is 0 Å². The molecular formula is C36H22O. The lowest BCUT2D eigenvalue weighted by atomic mass is 9.85. The second-order valence-electron chi connectivity index (χ2n) is 9.59. The third-order valence-electron chi connectivity index (χ3n) is 7.54. The lowest BCUT2D eigenvalue weighted by molar-refractivity contribution is 0.669. The van der Waals surface area contributed by atoms with Crippen molar-refractivity contribution < 1.29 is 5.79 Å². The van der Waals surface area contributed by atoms with Crippen molar-refractivity contribution in [3.05, 3.63) is 133 Å². The number of hydrogen-bond acceptors (Lipinski definition) is 1. The molecule has 1 heteroatoms. The van der Waals surface area contributed by atoms with Gasteiger partial charge in [-0.3, -0.25) is 0 Å². The van der Waals surface area contributed by atoms with E-state index >= 15 is 0 Å². The Morgan fingerprint density at radius 1 is 0.459 bits per heavy atom. The van der Waals surface area contributed by atoms with E-state index in [9.17, 15) is 0 Å². The highest BCUT2D eigenvalue weighted by Crippen LogP contribution is 2.47. The molecule has 0 unspecified atom stereocenters. The Morgan fingerprint density at radius 3 is 1.78 bits per heavy atom. The molecule has 0 aliphatic heterocycles. The Balaban J connectivity index is 1.57. The number of rotatable bonds is 2. The van der Waals surface area contributed by atoms with Gasteiger partial charge in [-0.25, -0.2) is 0 Å². The van der Waals surface area contributed by atoms with Crippen molar-refractivity contribution >= 4 is 54.3 Å². The van der Waals surface area contributed by atoms with Crippen LogP contribution in [0, 0.1) is 0 Å². The van der Waals surface area contributed by atoms with Crippen molar-refractivity contribution in [1.82, 2.24) is 0 Å². The molecule has 7 aromatic carbocycles. The Bertz CT molecular complexity index is 2150. The van der Waals surface area contributed by atoms with Crippen LogP contribution in [0.25, 0.3) is 76.5 Å². The number of furan rings is 1. The minimum absolute atomic E-state index is 0.533. The first-order chi connectivity index (χ1) is 18.8. The van der Waals surface area contributed by atoms with Crippen molar-refractivity contribution in [1.29, 1.82) is 0 Å². The van der Waals surface area contributed by atoms with E-state index in [4.69, 9.17) is 5.79 Å². The smallest absolute Gasteiger partial charge is 0.136 e. The SMILES string of the molecule is [2H]c1ccccc1-c1c2ccccc2c(-c2cccc3oc4cc5ccccc5cc4c23)c2ccccc12. The quantitative estimate of drug-likeness (QED) is 0.229.